The molecule has 2 aromatic rings. The third kappa shape index (κ3) is 3.23. The van der Waals surface area contributed by atoms with Crippen LogP contribution < -0.4 is 5.73 Å². The van der Waals surface area contributed by atoms with Gasteiger partial charge in [-0.3, -0.25) is 9.09 Å². The standard InChI is InChI=1S/C13H18N5O7P/c1-2-3-13(4-24-26(21,22)23)9(20)8(19)12(25-13)18-6-17-7-10(14)15-5-16-11(7)18/h2,5-6,8-9,12,19-20H,1,3-4H2,(H2,14,15,16)(H2,21,22,23). The van der Waals surface area contributed by atoms with Crippen molar-refractivity contribution in [3.05, 3.63) is 25.3 Å². The summed E-state index contributed by atoms with van der Waals surface area (Å²) in [6, 6.07) is 0. The number of phosphoric acid groups is 1. The van der Waals surface area contributed by atoms with Gasteiger partial charge in [0.15, 0.2) is 17.7 Å². The molecule has 0 bridgehead atoms. The fraction of sp³-hybridized carbons (Fsp3) is 0.462. The molecule has 12 nitrogen and oxygen atoms in total. The van der Waals surface area contributed by atoms with Crippen molar-refractivity contribution in [2.75, 3.05) is 12.3 Å². The minimum Gasteiger partial charge on any atom is -0.387 e. The second-order valence-electron chi connectivity index (χ2n) is 5.85. The van der Waals surface area contributed by atoms with Crippen molar-refractivity contribution in [3.63, 3.8) is 0 Å². The number of anilines is 1. The van der Waals surface area contributed by atoms with E-state index in [0.29, 0.717) is 0 Å². The zero-order valence-corrected chi connectivity index (χ0v) is 14.3. The Morgan fingerprint density at radius 1 is 1.42 bits per heavy atom. The van der Waals surface area contributed by atoms with Gasteiger partial charge in [-0.25, -0.2) is 19.5 Å². The maximum absolute atomic E-state index is 11.0. The van der Waals surface area contributed by atoms with E-state index in [2.05, 4.69) is 26.1 Å². The lowest BCUT2D eigenvalue weighted by Crippen LogP contribution is -2.46. The summed E-state index contributed by atoms with van der Waals surface area (Å²) in [5.41, 5.74) is 4.65. The number of ether oxygens (including phenoxy) is 1. The topological polar surface area (TPSA) is 186 Å². The Hall–Kier alpha value is -1.92. The van der Waals surface area contributed by atoms with E-state index in [1.807, 2.05) is 0 Å². The molecular weight excluding hydrogens is 369 g/mol. The molecule has 1 saturated heterocycles. The number of nitrogens with two attached hydrogens (primary N) is 1. The van der Waals surface area contributed by atoms with Crippen molar-refractivity contribution in [2.24, 2.45) is 0 Å². The maximum atomic E-state index is 11.0. The third-order valence-corrected chi connectivity index (χ3v) is 4.60. The van der Waals surface area contributed by atoms with E-state index in [1.165, 1.54) is 23.3 Å². The fourth-order valence-corrected chi connectivity index (χ4v) is 3.30. The number of nitrogens with zero attached hydrogens (tertiary/aromatic N) is 4. The van der Waals surface area contributed by atoms with Gasteiger partial charge in [0.2, 0.25) is 0 Å². The van der Waals surface area contributed by atoms with E-state index < -0.39 is 38.5 Å². The number of rotatable bonds is 6. The second kappa shape index (κ2) is 6.67. The van der Waals surface area contributed by atoms with Gasteiger partial charge in [0, 0.05) is 0 Å². The van der Waals surface area contributed by atoms with Gasteiger partial charge in [0.05, 0.1) is 12.9 Å². The van der Waals surface area contributed by atoms with Crippen molar-refractivity contribution < 1.29 is 33.8 Å². The van der Waals surface area contributed by atoms with Crippen LogP contribution in [-0.4, -0.2) is 63.9 Å². The molecule has 3 heterocycles. The quantitative estimate of drug-likeness (QED) is 0.305. The van der Waals surface area contributed by atoms with Gasteiger partial charge in [-0.2, -0.15) is 0 Å². The number of hydrogen-bond acceptors (Lipinski definition) is 9. The Balaban J connectivity index is 1.97. The highest BCUT2D eigenvalue weighted by atomic mass is 31.2. The molecule has 4 unspecified atom stereocenters. The summed E-state index contributed by atoms with van der Waals surface area (Å²) in [4.78, 5) is 29.8. The smallest absolute Gasteiger partial charge is 0.387 e. The summed E-state index contributed by atoms with van der Waals surface area (Å²) in [5, 5.41) is 21.0. The van der Waals surface area contributed by atoms with Gasteiger partial charge >= 0.3 is 7.82 Å². The van der Waals surface area contributed by atoms with E-state index in [-0.39, 0.29) is 23.4 Å². The summed E-state index contributed by atoms with van der Waals surface area (Å²) in [7, 11) is -4.82. The Morgan fingerprint density at radius 3 is 2.81 bits per heavy atom. The molecule has 4 atom stereocenters. The molecule has 3 rings (SSSR count). The van der Waals surface area contributed by atoms with Gasteiger partial charge < -0.3 is 30.5 Å². The van der Waals surface area contributed by atoms with Crippen molar-refractivity contribution >= 4 is 24.8 Å². The lowest BCUT2D eigenvalue weighted by molar-refractivity contribution is -0.123. The van der Waals surface area contributed by atoms with E-state index in [1.54, 1.807) is 0 Å². The molecule has 0 aromatic carbocycles. The highest BCUT2D eigenvalue weighted by Crippen LogP contribution is 2.45. The first kappa shape index (κ1) is 18.9. The van der Waals surface area contributed by atoms with E-state index in [9.17, 15) is 14.8 Å². The summed E-state index contributed by atoms with van der Waals surface area (Å²) in [6.45, 7) is 2.88. The van der Waals surface area contributed by atoms with Crippen LogP contribution in [0.5, 0.6) is 0 Å². The first-order valence-corrected chi connectivity index (χ1v) is 8.99. The predicted octanol–water partition coefficient (Wildman–Crippen LogP) is -0.917. The second-order valence-corrected chi connectivity index (χ2v) is 7.09. The van der Waals surface area contributed by atoms with E-state index in [4.69, 9.17) is 20.3 Å². The molecule has 0 radical (unpaired) electrons. The highest BCUT2D eigenvalue weighted by molar-refractivity contribution is 7.46. The highest BCUT2D eigenvalue weighted by Gasteiger charge is 2.55. The van der Waals surface area contributed by atoms with Crippen molar-refractivity contribution in [3.8, 4) is 0 Å². The van der Waals surface area contributed by atoms with Crippen LogP contribution in [0.15, 0.2) is 25.3 Å². The number of nitrogen functional groups attached to an aromatic ring is 1. The average Bonchev–Trinajstić information content (AvgIpc) is 3.09. The summed E-state index contributed by atoms with van der Waals surface area (Å²) >= 11 is 0. The number of phosphoric ester groups is 1. The van der Waals surface area contributed by atoms with Gasteiger partial charge in [0.25, 0.3) is 0 Å². The Bertz CT molecular complexity index is 870. The largest absolute Gasteiger partial charge is 0.469 e. The van der Waals surface area contributed by atoms with Crippen LogP contribution in [0.1, 0.15) is 12.6 Å². The number of aliphatic hydroxyl groups is 2. The summed E-state index contributed by atoms with van der Waals surface area (Å²) in [5.74, 6) is 0.129. The molecular formula is C13H18N5O7P. The maximum Gasteiger partial charge on any atom is 0.469 e. The van der Waals surface area contributed by atoms with Crippen LogP contribution in [0, 0.1) is 0 Å². The van der Waals surface area contributed by atoms with Crippen LogP contribution in [0.2, 0.25) is 0 Å². The van der Waals surface area contributed by atoms with Crippen molar-refractivity contribution in [1.82, 2.24) is 19.5 Å². The molecule has 0 spiro atoms. The normalized spacial score (nSPS) is 29.3. The summed E-state index contributed by atoms with van der Waals surface area (Å²) in [6.07, 6.45) is -0.257. The molecule has 1 fully saturated rings. The molecule has 6 N–H and O–H groups in total. The van der Waals surface area contributed by atoms with Crippen LogP contribution in [-0.2, 0) is 13.8 Å². The molecule has 0 aliphatic carbocycles. The lowest BCUT2D eigenvalue weighted by atomic mass is 9.92. The van der Waals surface area contributed by atoms with Gasteiger partial charge in [-0.1, -0.05) is 6.08 Å². The first-order chi connectivity index (χ1) is 12.2. The van der Waals surface area contributed by atoms with Crippen LogP contribution in [0.3, 0.4) is 0 Å². The van der Waals surface area contributed by atoms with Gasteiger partial charge in [-0.05, 0) is 6.42 Å². The third-order valence-electron chi connectivity index (χ3n) is 4.14. The zero-order chi connectivity index (χ0) is 19.1. The summed E-state index contributed by atoms with van der Waals surface area (Å²) < 4.78 is 22.7. The van der Waals surface area contributed by atoms with Crippen LogP contribution >= 0.6 is 7.82 Å². The van der Waals surface area contributed by atoms with Crippen molar-refractivity contribution in [1.29, 1.82) is 0 Å². The molecule has 26 heavy (non-hydrogen) atoms. The van der Waals surface area contributed by atoms with Crippen LogP contribution in [0.4, 0.5) is 5.82 Å². The molecule has 0 saturated carbocycles. The minimum atomic E-state index is -4.82. The lowest BCUT2D eigenvalue weighted by Gasteiger charge is -2.30. The zero-order valence-electron chi connectivity index (χ0n) is 13.4. The van der Waals surface area contributed by atoms with Crippen LogP contribution in [0.25, 0.3) is 11.2 Å². The SMILES string of the molecule is C=CCC1(COP(=O)(O)O)OC(n2cnc3c(N)ncnc32)C(O)C1O. The van der Waals surface area contributed by atoms with Crippen molar-refractivity contribution in [2.45, 2.75) is 30.5 Å². The molecule has 142 valence electrons. The number of fused-ring (bicyclic) bond motifs is 1. The molecule has 1 aliphatic heterocycles. The molecule has 2 aromatic heterocycles. The Kier molecular flexibility index (Phi) is 4.84. The van der Waals surface area contributed by atoms with E-state index in [0.717, 1.165) is 0 Å². The molecule has 0 amide bonds. The monoisotopic (exact) mass is 387 g/mol. The first-order valence-electron chi connectivity index (χ1n) is 7.46. The number of aliphatic hydroxyl groups excluding tert-OH is 2. The number of imidazole rings is 1. The fourth-order valence-electron chi connectivity index (χ4n) is 2.91. The Morgan fingerprint density at radius 2 is 2.15 bits per heavy atom. The predicted molar refractivity (Wildman–Crippen MR) is 87.4 cm³/mol. The van der Waals surface area contributed by atoms with Gasteiger partial charge in [0.1, 0.15) is 29.7 Å². The van der Waals surface area contributed by atoms with E-state index >= 15 is 0 Å². The minimum absolute atomic E-state index is 0.0362. The molecule has 1 aliphatic rings. The Labute approximate surface area is 147 Å². The molecule has 13 heteroatoms. The van der Waals surface area contributed by atoms with Gasteiger partial charge in [-0.15, -0.1) is 6.58 Å². The number of hydrogen-bond donors (Lipinski definition) is 5. The number of aromatic nitrogens is 4. The average molecular weight is 387 g/mol.